The van der Waals surface area contributed by atoms with E-state index in [2.05, 4.69) is 15.0 Å². The Bertz CT molecular complexity index is 610. The van der Waals surface area contributed by atoms with Crippen LogP contribution in [-0.4, -0.2) is 21.5 Å². The number of aromatic nitrogens is 1. The molecule has 0 bridgehead atoms. The van der Waals surface area contributed by atoms with Gasteiger partial charge in [0.1, 0.15) is 10.6 Å². The number of nitrogens with one attached hydrogen (secondary N) is 2. The highest BCUT2D eigenvalue weighted by atomic mass is 32.1. The summed E-state index contributed by atoms with van der Waals surface area (Å²) in [6.45, 7) is 1.58. The molecule has 2 amide bonds. The van der Waals surface area contributed by atoms with Crippen LogP contribution in [0.3, 0.4) is 0 Å². The molecule has 0 spiro atoms. The van der Waals surface area contributed by atoms with Crippen molar-refractivity contribution in [2.75, 3.05) is 10.6 Å². The van der Waals surface area contributed by atoms with Gasteiger partial charge in [-0.1, -0.05) is 18.2 Å². The van der Waals surface area contributed by atoms with E-state index in [0.29, 0.717) is 11.4 Å². The highest BCUT2D eigenvalue weighted by molar-refractivity contribution is 7.11. The average Bonchev–Trinajstić information content (AvgIpc) is 2.71. The number of anilines is 2. The first-order valence-electron chi connectivity index (χ1n) is 5.40. The molecule has 0 saturated carbocycles. The second-order valence-electron chi connectivity index (χ2n) is 3.72. The van der Waals surface area contributed by atoms with Crippen molar-refractivity contribution in [3.05, 3.63) is 41.6 Å². The molecule has 2 aromatic rings. The summed E-state index contributed by atoms with van der Waals surface area (Å²) < 4.78 is 3.92. The Morgan fingerprint density at radius 3 is 2.53 bits per heavy atom. The van der Waals surface area contributed by atoms with Gasteiger partial charge in [-0.05, 0) is 30.6 Å². The Morgan fingerprint density at radius 1 is 1.21 bits per heavy atom. The third-order valence-electron chi connectivity index (χ3n) is 2.34. The zero-order valence-electron chi connectivity index (χ0n) is 10.0. The molecule has 1 aromatic heterocycles. The lowest BCUT2D eigenvalue weighted by Crippen LogP contribution is -2.20. The average molecular weight is 277 g/mol. The Balaban J connectivity index is 2.10. The van der Waals surface area contributed by atoms with Crippen molar-refractivity contribution in [2.45, 2.75) is 6.92 Å². The van der Waals surface area contributed by atoms with Gasteiger partial charge < -0.3 is 10.4 Å². The minimum Gasteiger partial charge on any atom is -0.478 e. The van der Waals surface area contributed by atoms with E-state index in [1.54, 1.807) is 31.2 Å². The van der Waals surface area contributed by atoms with E-state index in [-0.39, 0.29) is 10.6 Å². The molecule has 98 valence electrons. The molecule has 0 aliphatic heterocycles. The van der Waals surface area contributed by atoms with E-state index in [4.69, 9.17) is 5.11 Å². The van der Waals surface area contributed by atoms with Crippen molar-refractivity contribution in [3.63, 3.8) is 0 Å². The molecule has 0 atom stereocenters. The largest absolute Gasteiger partial charge is 0.478 e. The van der Waals surface area contributed by atoms with Gasteiger partial charge in [-0.2, -0.15) is 4.37 Å². The summed E-state index contributed by atoms with van der Waals surface area (Å²) in [5, 5.41) is 14.3. The minimum atomic E-state index is -1.11. The van der Waals surface area contributed by atoms with Crippen molar-refractivity contribution in [1.29, 1.82) is 0 Å². The normalized spacial score (nSPS) is 9.95. The molecule has 19 heavy (non-hydrogen) atoms. The Labute approximate surface area is 113 Å². The summed E-state index contributed by atoms with van der Waals surface area (Å²) in [6.07, 6.45) is 0. The van der Waals surface area contributed by atoms with Gasteiger partial charge in [0, 0.05) is 5.69 Å². The molecule has 2 rings (SSSR count). The van der Waals surface area contributed by atoms with Crippen LogP contribution in [0.4, 0.5) is 15.5 Å². The van der Waals surface area contributed by atoms with Gasteiger partial charge in [0.25, 0.3) is 0 Å². The van der Waals surface area contributed by atoms with Gasteiger partial charge in [0.2, 0.25) is 0 Å². The van der Waals surface area contributed by atoms with Crippen molar-refractivity contribution in [3.8, 4) is 0 Å². The highest BCUT2D eigenvalue weighted by Crippen LogP contribution is 2.24. The van der Waals surface area contributed by atoms with Gasteiger partial charge in [-0.25, -0.2) is 9.59 Å². The summed E-state index contributed by atoms with van der Waals surface area (Å²) in [6, 6.07) is 8.37. The summed E-state index contributed by atoms with van der Waals surface area (Å²) in [5.41, 5.74) is 1.03. The molecule has 0 saturated heterocycles. The summed E-state index contributed by atoms with van der Waals surface area (Å²) in [4.78, 5) is 22.8. The minimum absolute atomic E-state index is 0.0215. The zero-order valence-corrected chi connectivity index (χ0v) is 10.8. The number of carbonyl (C=O) groups is 2. The zero-order chi connectivity index (χ0) is 13.8. The molecular formula is C12H11N3O3S. The maximum absolute atomic E-state index is 11.7. The van der Waals surface area contributed by atoms with Crippen molar-refractivity contribution >= 4 is 34.2 Å². The Hall–Kier alpha value is -2.41. The number of amides is 2. The number of urea groups is 1. The van der Waals surface area contributed by atoms with Crippen LogP contribution < -0.4 is 10.6 Å². The first-order valence-corrected chi connectivity index (χ1v) is 6.18. The molecule has 7 heteroatoms. The summed E-state index contributed by atoms with van der Waals surface area (Å²) in [7, 11) is 0. The first-order chi connectivity index (χ1) is 9.08. The smallest absolute Gasteiger partial charge is 0.340 e. The lowest BCUT2D eigenvalue weighted by molar-refractivity contribution is 0.0697. The number of carbonyl (C=O) groups excluding carboxylic acids is 1. The lowest BCUT2D eigenvalue weighted by atomic mass is 10.2. The third-order valence-corrected chi connectivity index (χ3v) is 3.19. The predicted octanol–water partition coefficient (Wildman–Crippen LogP) is 2.79. The first kappa shape index (κ1) is 13.0. The molecule has 0 aliphatic rings. The standard InChI is InChI=1S/C12H11N3O3S/c1-7-9(11(16)17)10(19-15-7)14-12(18)13-8-5-3-2-4-6-8/h2-6H,1H3,(H,16,17)(H2,13,14,18). The van der Waals surface area contributed by atoms with Crippen LogP contribution in [0.15, 0.2) is 30.3 Å². The van der Waals surface area contributed by atoms with Gasteiger partial charge in [0.15, 0.2) is 0 Å². The SMILES string of the molecule is Cc1nsc(NC(=O)Nc2ccccc2)c1C(=O)O. The molecule has 0 fully saturated rings. The number of carboxylic acid groups (broad SMARTS) is 1. The van der Waals surface area contributed by atoms with Crippen LogP contribution in [0.25, 0.3) is 0 Å². The van der Waals surface area contributed by atoms with Crippen LogP contribution in [0.2, 0.25) is 0 Å². The van der Waals surface area contributed by atoms with Crippen LogP contribution in [0.5, 0.6) is 0 Å². The predicted molar refractivity (Wildman–Crippen MR) is 72.9 cm³/mol. The number of carboxylic acids is 1. The number of hydrogen-bond acceptors (Lipinski definition) is 4. The Kier molecular flexibility index (Phi) is 3.76. The molecule has 0 unspecified atom stereocenters. The fourth-order valence-corrected chi connectivity index (χ4v) is 2.28. The van der Waals surface area contributed by atoms with Gasteiger partial charge in [-0.15, -0.1) is 0 Å². The number of para-hydroxylation sites is 1. The van der Waals surface area contributed by atoms with Crippen LogP contribution in [0.1, 0.15) is 16.1 Å². The van der Waals surface area contributed by atoms with Crippen molar-refractivity contribution in [2.24, 2.45) is 0 Å². The van der Waals surface area contributed by atoms with E-state index in [0.717, 1.165) is 11.5 Å². The topological polar surface area (TPSA) is 91.3 Å². The van der Waals surface area contributed by atoms with Crippen LogP contribution in [0, 0.1) is 6.92 Å². The fraction of sp³-hybridized carbons (Fsp3) is 0.0833. The molecule has 0 aliphatic carbocycles. The molecule has 0 radical (unpaired) electrons. The number of benzene rings is 1. The molecule has 1 heterocycles. The van der Waals surface area contributed by atoms with E-state index < -0.39 is 12.0 Å². The van der Waals surface area contributed by atoms with Gasteiger partial charge in [0.05, 0.1) is 5.69 Å². The molecular weight excluding hydrogens is 266 g/mol. The third kappa shape index (κ3) is 3.08. The van der Waals surface area contributed by atoms with Crippen LogP contribution in [-0.2, 0) is 0 Å². The number of hydrogen-bond donors (Lipinski definition) is 3. The monoisotopic (exact) mass is 277 g/mol. The van der Waals surface area contributed by atoms with Crippen LogP contribution >= 0.6 is 11.5 Å². The van der Waals surface area contributed by atoms with Crippen molar-refractivity contribution < 1.29 is 14.7 Å². The molecule has 3 N–H and O–H groups in total. The second kappa shape index (κ2) is 5.49. The van der Waals surface area contributed by atoms with E-state index in [1.807, 2.05) is 6.07 Å². The Morgan fingerprint density at radius 2 is 1.89 bits per heavy atom. The lowest BCUT2D eigenvalue weighted by Gasteiger charge is -2.06. The number of aromatic carboxylic acids is 1. The highest BCUT2D eigenvalue weighted by Gasteiger charge is 2.19. The maximum Gasteiger partial charge on any atom is 0.340 e. The van der Waals surface area contributed by atoms with E-state index >= 15 is 0 Å². The number of rotatable bonds is 3. The quantitative estimate of drug-likeness (QED) is 0.804. The van der Waals surface area contributed by atoms with Gasteiger partial charge >= 0.3 is 12.0 Å². The second-order valence-corrected chi connectivity index (χ2v) is 4.50. The summed E-state index contributed by atoms with van der Waals surface area (Å²) in [5.74, 6) is -1.11. The fourth-order valence-electron chi connectivity index (χ4n) is 1.49. The number of nitrogens with zero attached hydrogens (tertiary/aromatic N) is 1. The van der Waals surface area contributed by atoms with Gasteiger partial charge in [-0.3, -0.25) is 5.32 Å². The molecule has 1 aromatic carbocycles. The molecule has 6 nitrogen and oxygen atoms in total. The summed E-state index contributed by atoms with van der Waals surface area (Å²) >= 11 is 0.941. The maximum atomic E-state index is 11.7. The van der Waals surface area contributed by atoms with E-state index in [1.165, 1.54) is 0 Å². The number of aryl methyl sites for hydroxylation is 1. The van der Waals surface area contributed by atoms with E-state index in [9.17, 15) is 9.59 Å². The van der Waals surface area contributed by atoms with Crippen molar-refractivity contribution in [1.82, 2.24) is 4.37 Å².